The number of nitriles is 1. The van der Waals surface area contributed by atoms with Crippen molar-refractivity contribution < 1.29 is 9.53 Å². The molecule has 0 aromatic heterocycles. The largest absolute Gasteiger partial charge is 0.484 e. The Bertz CT molecular complexity index is 662. The number of carbonyl (C=O) groups excluding carboxylic acids is 1. The van der Waals surface area contributed by atoms with E-state index in [-0.39, 0.29) is 12.5 Å². The first-order valence-corrected chi connectivity index (χ1v) is 5.96. The fourth-order valence-corrected chi connectivity index (χ4v) is 1.62. The van der Waals surface area contributed by atoms with Gasteiger partial charge in [0.1, 0.15) is 5.75 Å². The standard InChI is InChI=1S/C15H13N3O2/c16-9-11-3-1-6-14(7-11)20-10-15(19)18-13-5-2-4-12(17)8-13/h1-8H,10,17H2,(H,18,19). The van der Waals surface area contributed by atoms with Gasteiger partial charge in [-0.1, -0.05) is 12.1 Å². The maximum atomic E-state index is 11.7. The van der Waals surface area contributed by atoms with Crippen molar-refractivity contribution >= 4 is 17.3 Å². The summed E-state index contributed by atoms with van der Waals surface area (Å²) in [5.41, 5.74) is 7.29. The fraction of sp³-hybridized carbons (Fsp3) is 0.0667. The van der Waals surface area contributed by atoms with Crippen molar-refractivity contribution in [2.75, 3.05) is 17.7 Å². The summed E-state index contributed by atoms with van der Waals surface area (Å²) >= 11 is 0. The lowest BCUT2D eigenvalue weighted by molar-refractivity contribution is -0.118. The first-order chi connectivity index (χ1) is 9.67. The molecule has 1 amide bonds. The number of nitrogen functional groups attached to an aromatic ring is 1. The van der Waals surface area contributed by atoms with Crippen LogP contribution in [-0.4, -0.2) is 12.5 Å². The van der Waals surface area contributed by atoms with Crippen molar-refractivity contribution in [2.24, 2.45) is 0 Å². The summed E-state index contributed by atoms with van der Waals surface area (Å²) in [4.78, 5) is 11.7. The highest BCUT2D eigenvalue weighted by Crippen LogP contribution is 2.14. The molecule has 0 saturated carbocycles. The maximum Gasteiger partial charge on any atom is 0.262 e. The lowest BCUT2D eigenvalue weighted by Gasteiger charge is -2.08. The van der Waals surface area contributed by atoms with E-state index in [1.54, 1.807) is 48.5 Å². The number of carbonyl (C=O) groups is 1. The van der Waals surface area contributed by atoms with E-state index in [2.05, 4.69) is 5.32 Å². The molecule has 0 aliphatic rings. The molecule has 0 spiro atoms. The van der Waals surface area contributed by atoms with E-state index in [0.29, 0.717) is 22.7 Å². The SMILES string of the molecule is N#Cc1cccc(OCC(=O)Nc2cccc(N)c2)c1. The number of rotatable bonds is 4. The van der Waals surface area contributed by atoms with Crippen molar-refractivity contribution in [1.82, 2.24) is 0 Å². The third kappa shape index (κ3) is 3.75. The second-order valence-corrected chi connectivity index (χ2v) is 4.10. The zero-order chi connectivity index (χ0) is 14.4. The minimum absolute atomic E-state index is 0.135. The Hall–Kier alpha value is -3.00. The van der Waals surface area contributed by atoms with E-state index in [1.807, 2.05) is 6.07 Å². The summed E-state index contributed by atoms with van der Waals surface area (Å²) in [6.07, 6.45) is 0. The summed E-state index contributed by atoms with van der Waals surface area (Å²) in [7, 11) is 0. The Kier molecular flexibility index (Phi) is 4.20. The maximum absolute atomic E-state index is 11.7. The Morgan fingerprint density at radius 2 is 2.05 bits per heavy atom. The lowest BCUT2D eigenvalue weighted by Crippen LogP contribution is -2.20. The highest BCUT2D eigenvalue weighted by molar-refractivity contribution is 5.92. The van der Waals surface area contributed by atoms with E-state index in [0.717, 1.165) is 0 Å². The van der Waals surface area contributed by atoms with E-state index in [9.17, 15) is 4.79 Å². The van der Waals surface area contributed by atoms with E-state index < -0.39 is 0 Å². The number of nitrogens with one attached hydrogen (secondary N) is 1. The Labute approximate surface area is 116 Å². The van der Waals surface area contributed by atoms with Crippen molar-refractivity contribution in [3.8, 4) is 11.8 Å². The topological polar surface area (TPSA) is 88.1 Å². The van der Waals surface area contributed by atoms with Crippen LogP contribution in [0.25, 0.3) is 0 Å². The van der Waals surface area contributed by atoms with Crippen LogP contribution in [0, 0.1) is 11.3 Å². The van der Waals surface area contributed by atoms with Crippen LogP contribution in [0.2, 0.25) is 0 Å². The van der Waals surface area contributed by atoms with Crippen molar-refractivity contribution in [1.29, 1.82) is 5.26 Å². The molecule has 2 aromatic rings. The van der Waals surface area contributed by atoms with E-state index in [4.69, 9.17) is 15.7 Å². The van der Waals surface area contributed by atoms with Gasteiger partial charge in [-0.2, -0.15) is 5.26 Å². The summed E-state index contributed by atoms with van der Waals surface area (Å²) in [5, 5.41) is 11.4. The molecule has 0 atom stereocenters. The monoisotopic (exact) mass is 267 g/mol. The molecule has 0 fully saturated rings. The summed E-state index contributed by atoms with van der Waals surface area (Å²) in [6.45, 7) is -0.135. The molecule has 0 radical (unpaired) electrons. The number of hydrogen-bond donors (Lipinski definition) is 2. The fourth-order valence-electron chi connectivity index (χ4n) is 1.62. The number of benzene rings is 2. The highest BCUT2D eigenvalue weighted by atomic mass is 16.5. The molecule has 0 aliphatic carbocycles. The van der Waals surface area contributed by atoms with Gasteiger partial charge in [0.2, 0.25) is 0 Å². The van der Waals surface area contributed by atoms with Crippen molar-refractivity contribution in [3.63, 3.8) is 0 Å². The lowest BCUT2D eigenvalue weighted by atomic mass is 10.2. The van der Waals surface area contributed by atoms with Gasteiger partial charge in [-0.25, -0.2) is 0 Å². The zero-order valence-electron chi connectivity index (χ0n) is 10.7. The number of anilines is 2. The van der Waals surface area contributed by atoms with Gasteiger partial charge in [-0.3, -0.25) is 4.79 Å². The molecule has 0 heterocycles. The second kappa shape index (κ2) is 6.25. The molecule has 20 heavy (non-hydrogen) atoms. The number of hydrogen-bond acceptors (Lipinski definition) is 4. The molecule has 0 saturated heterocycles. The summed E-state index contributed by atoms with van der Waals surface area (Å²) < 4.78 is 5.32. The van der Waals surface area contributed by atoms with Gasteiger partial charge in [-0.15, -0.1) is 0 Å². The predicted octanol–water partition coefficient (Wildman–Crippen LogP) is 2.16. The molecule has 100 valence electrons. The van der Waals surface area contributed by atoms with Gasteiger partial charge in [-0.05, 0) is 36.4 Å². The minimum atomic E-state index is -0.294. The van der Waals surface area contributed by atoms with Gasteiger partial charge in [0, 0.05) is 11.4 Å². The second-order valence-electron chi connectivity index (χ2n) is 4.10. The third-order valence-corrected chi connectivity index (χ3v) is 2.50. The Morgan fingerprint density at radius 1 is 1.25 bits per heavy atom. The molecule has 0 unspecified atom stereocenters. The van der Waals surface area contributed by atoms with Crippen LogP contribution in [0.5, 0.6) is 5.75 Å². The third-order valence-electron chi connectivity index (χ3n) is 2.50. The Balaban J connectivity index is 1.90. The first-order valence-electron chi connectivity index (χ1n) is 5.96. The molecular formula is C15H13N3O2. The molecule has 3 N–H and O–H groups in total. The van der Waals surface area contributed by atoms with Gasteiger partial charge >= 0.3 is 0 Å². The average Bonchev–Trinajstić information content (AvgIpc) is 2.45. The Morgan fingerprint density at radius 3 is 2.80 bits per heavy atom. The molecule has 2 rings (SSSR count). The number of ether oxygens (including phenoxy) is 1. The van der Waals surface area contributed by atoms with Crippen LogP contribution >= 0.6 is 0 Å². The number of nitrogens with zero attached hydrogens (tertiary/aromatic N) is 1. The quantitative estimate of drug-likeness (QED) is 0.831. The van der Waals surface area contributed by atoms with Crippen molar-refractivity contribution in [2.45, 2.75) is 0 Å². The van der Waals surface area contributed by atoms with Gasteiger partial charge in [0.15, 0.2) is 6.61 Å². The molecule has 2 aromatic carbocycles. The predicted molar refractivity (Wildman–Crippen MR) is 76.1 cm³/mol. The average molecular weight is 267 g/mol. The summed E-state index contributed by atoms with van der Waals surface area (Å²) in [5.74, 6) is 0.185. The van der Waals surface area contributed by atoms with Gasteiger partial charge in [0.25, 0.3) is 5.91 Å². The van der Waals surface area contributed by atoms with E-state index in [1.165, 1.54) is 0 Å². The smallest absolute Gasteiger partial charge is 0.262 e. The van der Waals surface area contributed by atoms with Crippen LogP contribution in [0.4, 0.5) is 11.4 Å². The van der Waals surface area contributed by atoms with Crippen LogP contribution in [-0.2, 0) is 4.79 Å². The molecule has 5 heteroatoms. The molecule has 0 bridgehead atoms. The molecule has 0 aliphatic heterocycles. The number of nitrogens with two attached hydrogens (primary N) is 1. The zero-order valence-corrected chi connectivity index (χ0v) is 10.7. The number of amides is 1. The normalized spacial score (nSPS) is 9.55. The van der Waals surface area contributed by atoms with E-state index >= 15 is 0 Å². The summed E-state index contributed by atoms with van der Waals surface area (Å²) in [6, 6.07) is 15.5. The highest BCUT2D eigenvalue weighted by Gasteiger charge is 2.04. The van der Waals surface area contributed by atoms with Crippen LogP contribution in [0.1, 0.15) is 5.56 Å². The van der Waals surface area contributed by atoms with Gasteiger partial charge < -0.3 is 15.8 Å². The van der Waals surface area contributed by atoms with Crippen LogP contribution in [0.3, 0.4) is 0 Å². The van der Waals surface area contributed by atoms with Crippen LogP contribution in [0.15, 0.2) is 48.5 Å². The first kappa shape index (κ1) is 13.4. The minimum Gasteiger partial charge on any atom is -0.484 e. The molecule has 5 nitrogen and oxygen atoms in total. The van der Waals surface area contributed by atoms with Gasteiger partial charge in [0.05, 0.1) is 11.6 Å². The molecular weight excluding hydrogens is 254 g/mol. The van der Waals surface area contributed by atoms with Crippen molar-refractivity contribution in [3.05, 3.63) is 54.1 Å². The van der Waals surface area contributed by atoms with Crippen LogP contribution < -0.4 is 15.8 Å².